The van der Waals surface area contributed by atoms with Crippen molar-refractivity contribution in [3.8, 4) is 5.75 Å². The Kier molecular flexibility index (Phi) is 3.02. The van der Waals surface area contributed by atoms with Crippen LogP contribution >= 0.6 is 12.8 Å². The summed E-state index contributed by atoms with van der Waals surface area (Å²) >= 11 is 3.97. The lowest BCUT2D eigenvalue weighted by atomic mass is 10.3. The van der Waals surface area contributed by atoms with E-state index >= 15 is 0 Å². The maximum absolute atomic E-state index is 11.1. The van der Waals surface area contributed by atoms with Gasteiger partial charge in [-0.25, -0.2) is 9.10 Å². The molecule has 5 heteroatoms. The number of carbonyl (C=O) groups excluding carboxylic acids is 1. The molecule has 1 aromatic carbocycles. The molecule has 0 aliphatic rings. The lowest BCUT2D eigenvalue weighted by Gasteiger charge is -2.14. The van der Waals surface area contributed by atoms with Gasteiger partial charge in [-0.1, -0.05) is 12.8 Å². The number of hydrogen-bond donors (Lipinski definition) is 3. The fourth-order valence-electron chi connectivity index (χ4n) is 0.817. The molecule has 0 heterocycles. The van der Waals surface area contributed by atoms with Crippen LogP contribution in [-0.4, -0.2) is 18.2 Å². The Bertz CT molecular complexity index is 300. The third-order valence-electron chi connectivity index (χ3n) is 1.50. The molecule has 4 nitrogen and oxygen atoms in total. The number of urea groups is 1. The number of amides is 2. The van der Waals surface area contributed by atoms with Crippen molar-refractivity contribution in [1.29, 1.82) is 0 Å². The summed E-state index contributed by atoms with van der Waals surface area (Å²) in [6.45, 7) is 0. The summed E-state index contributed by atoms with van der Waals surface area (Å²) in [7, 11) is 1.52. The van der Waals surface area contributed by atoms with E-state index in [0.717, 1.165) is 4.31 Å². The van der Waals surface area contributed by atoms with Gasteiger partial charge in [-0.05, 0) is 24.3 Å². The van der Waals surface area contributed by atoms with Crippen molar-refractivity contribution in [2.45, 2.75) is 0 Å². The van der Waals surface area contributed by atoms with Gasteiger partial charge in [0.2, 0.25) is 0 Å². The monoisotopic (exact) mass is 198 g/mol. The first-order chi connectivity index (χ1) is 6.15. The second kappa shape index (κ2) is 4.04. The van der Waals surface area contributed by atoms with Crippen LogP contribution in [0.2, 0.25) is 0 Å². The molecule has 0 aliphatic heterocycles. The van der Waals surface area contributed by atoms with Crippen molar-refractivity contribution in [3.05, 3.63) is 24.3 Å². The molecule has 0 aromatic heterocycles. The largest absolute Gasteiger partial charge is 0.508 e. The molecular weight excluding hydrogens is 188 g/mol. The fourth-order valence-corrected chi connectivity index (χ4v) is 1.05. The van der Waals surface area contributed by atoms with Crippen molar-refractivity contribution in [1.82, 2.24) is 5.32 Å². The molecule has 0 fully saturated rings. The Balaban J connectivity index is 2.83. The number of carbonyl (C=O) groups is 1. The van der Waals surface area contributed by atoms with Crippen molar-refractivity contribution in [3.63, 3.8) is 0 Å². The average molecular weight is 198 g/mol. The smallest absolute Gasteiger partial charge is 0.331 e. The lowest BCUT2D eigenvalue weighted by molar-refractivity contribution is 0.252. The number of aromatic hydroxyl groups is 1. The van der Waals surface area contributed by atoms with Crippen LogP contribution in [0.1, 0.15) is 0 Å². The van der Waals surface area contributed by atoms with Gasteiger partial charge in [-0.15, -0.1) is 0 Å². The first-order valence-corrected chi connectivity index (χ1v) is 4.05. The van der Waals surface area contributed by atoms with Crippen molar-refractivity contribution in [2.75, 3.05) is 11.4 Å². The summed E-state index contributed by atoms with van der Waals surface area (Å²) in [5.74, 6) is 0.155. The summed E-state index contributed by atoms with van der Waals surface area (Å²) in [5.41, 5.74) is 0.598. The van der Waals surface area contributed by atoms with E-state index in [0.29, 0.717) is 5.69 Å². The van der Waals surface area contributed by atoms with Gasteiger partial charge >= 0.3 is 6.03 Å². The molecule has 0 atom stereocenters. The minimum Gasteiger partial charge on any atom is -0.508 e. The Morgan fingerprint density at radius 3 is 2.46 bits per heavy atom. The zero-order valence-electron chi connectivity index (χ0n) is 7.06. The minimum absolute atomic E-state index is 0.155. The van der Waals surface area contributed by atoms with E-state index in [1.807, 2.05) is 0 Å². The van der Waals surface area contributed by atoms with Crippen LogP contribution in [0.5, 0.6) is 5.75 Å². The number of rotatable bonds is 1. The first-order valence-electron chi connectivity index (χ1n) is 3.65. The number of benzene rings is 1. The quantitative estimate of drug-likeness (QED) is 0.597. The molecule has 2 amide bonds. The molecule has 0 saturated carbocycles. The van der Waals surface area contributed by atoms with Crippen LogP contribution in [0.15, 0.2) is 24.3 Å². The van der Waals surface area contributed by atoms with E-state index in [1.54, 1.807) is 12.1 Å². The van der Waals surface area contributed by atoms with E-state index in [-0.39, 0.29) is 11.8 Å². The van der Waals surface area contributed by atoms with Crippen LogP contribution in [0.3, 0.4) is 0 Å². The third-order valence-corrected chi connectivity index (χ3v) is 1.91. The van der Waals surface area contributed by atoms with E-state index in [2.05, 4.69) is 18.1 Å². The second-order valence-electron chi connectivity index (χ2n) is 2.38. The molecule has 0 aliphatic carbocycles. The van der Waals surface area contributed by atoms with E-state index < -0.39 is 0 Å². The SMILES string of the molecule is CNC(=O)N(S)c1ccc(O)cc1. The van der Waals surface area contributed by atoms with Gasteiger partial charge in [0, 0.05) is 7.05 Å². The van der Waals surface area contributed by atoms with Gasteiger partial charge in [-0.2, -0.15) is 0 Å². The predicted molar refractivity (Wildman–Crippen MR) is 54.0 cm³/mol. The van der Waals surface area contributed by atoms with Crippen LogP contribution in [-0.2, 0) is 0 Å². The molecule has 0 spiro atoms. The van der Waals surface area contributed by atoms with E-state index in [1.165, 1.54) is 19.2 Å². The van der Waals surface area contributed by atoms with Crippen LogP contribution in [0, 0.1) is 0 Å². The highest BCUT2D eigenvalue weighted by Crippen LogP contribution is 2.19. The van der Waals surface area contributed by atoms with Crippen LogP contribution < -0.4 is 9.62 Å². The number of phenols is 1. The number of nitrogens with one attached hydrogen (secondary N) is 1. The molecule has 70 valence electrons. The third kappa shape index (κ3) is 2.29. The maximum Gasteiger partial charge on any atom is 0.331 e. The number of thiol groups is 1. The number of nitrogens with zero attached hydrogens (tertiary/aromatic N) is 1. The van der Waals surface area contributed by atoms with Crippen molar-refractivity contribution < 1.29 is 9.90 Å². The Morgan fingerprint density at radius 1 is 1.46 bits per heavy atom. The second-order valence-corrected chi connectivity index (χ2v) is 2.78. The molecular formula is C8H10N2O2S. The zero-order valence-corrected chi connectivity index (χ0v) is 7.95. The summed E-state index contributed by atoms with van der Waals surface area (Å²) in [6, 6.07) is 5.84. The minimum atomic E-state index is -0.325. The van der Waals surface area contributed by atoms with Crippen LogP contribution in [0.25, 0.3) is 0 Å². The number of anilines is 1. The fraction of sp³-hybridized carbons (Fsp3) is 0.125. The van der Waals surface area contributed by atoms with Crippen LogP contribution in [0.4, 0.5) is 10.5 Å². The molecule has 13 heavy (non-hydrogen) atoms. The highest BCUT2D eigenvalue weighted by Gasteiger charge is 2.08. The van der Waals surface area contributed by atoms with Gasteiger partial charge in [0.1, 0.15) is 5.75 Å². The summed E-state index contributed by atoms with van der Waals surface area (Å²) in [5, 5.41) is 11.4. The molecule has 0 radical (unpaired) electrons. The summed E-state index contributed by atoms with van der Waals surface area (Å²) in [4.78, 5) is 11.1. The highest BCUT2D eigenvalue weighted by molar-refractivity contribution is 7.82. The van der Waals surface area contributed by atoms with Gasteiger partial charge in [0.05, 0.1) is 5.69 Å². The van der Waals surface area contributed by atoms with Gasteiger partial charge in [0.25, 0.3) is 0 Å². The predicted octanol–water partition coefficient (Wildman–Crippen LogP) is 1.38. The lowest BCUT2D eigenvalue weighted by Crippen LogP contribution is -2.30. The van der Waals surface area contributed by atoms with Gasteiger partial charge < -0.3 is 10.4 Å². The van der Waals surface area contributed by atoms with E-state index in [4.69, 9.17) is 5.11 Å². The standard InChI is InChI=1S/C8H10N2O2S/c1-9-8(12)10(13)6-2-4-7(11)5-3-6/h2-5,11,13H,1H3,(H,9,12). The van der Waals surface area contributed by atoms with Gasteiger partial charge in [-0.3, -0.25) is 0 Å². The van der Waals surface area contributed by atoms with Crippen molar-refractivity contribution in [2.24, 2.45) is 0 Å². The van der Waals surface area contributed by atoms with Crippen molar-refractivity contribution >= 4 is 24.5 Å². The Morgan fingerprint density at radius 2 is 2.00 bits per heavy atom. The maximum atomic E-state index is 11.1. The average Bonchev–Trinajstić information content (AvgIpc) is 2.17. The molecule has 2 N–H and O–H groups in total. The normalized spacial score (nSPS) is 9.38. The molecule has 1 rings (SSSR count). The number of phenolic OH excluding ortho intramolecular Hbond substituents is 1. The molecule has 0 unspecified atom stereocenters. The zero-order chi connectivity index (χ0) is 9.84. The molecule has 0 bridgehead atoms. The summed E-state index contributed by atoms with van der Waals surface area (Å²) < 4.78 is 1.15. The first kappa shape index (κ1) is 9.73. The highest BCUT2D eigenvalue weighted by atomic mass is 32.1. The molecule has 1 aromatic rings. The Labute approximate surface area is 81.7 Å². The summed E-state index contributed by atoms with van der Waals surface area (Å²) in [6.07, 6.45) is 0. The van der Waals surface area contributed by atoms with E-state index in [9.17, 15) is 4.79 Å². The molecule has 0 saturated heterocycles. The Hall–Kier alpha value is -1.36. The topological polar surface area (TPSA) is 52.6 Å². The number of hydrogen-bond acceptors (Lipinski definition) is 3. The van der Waals surface area contributed by atoms with Gasteiger partial charge in [0.15, 0.2) is 0 Å².